The van der Waals surface area contributed by atoms with Gasteiger partial charge in [0, 0.05) is 9.26 Å². The summed E-state index contributed by atoms with van der Waals surface area (Å²) in [6.07, 6.45) is 0. The highest BCUT2D eigenvalue weighted by Gasteiger charge is 2.16. The first-order chi connectivity index (χ1) is 8.86. The fourth-order valence-corrected chi connectivity index (χ4v) is 2.51. The maximum atomic E-state index is 11.5. The fraction of sp³-hybridized carbons (Fsp3) is 0. The van der Waals surface area contributed by atoms with E-state index in [0.29, 0.717) is 11.4 Å². The number of nitrogen functional groups attached to an aromatic ring is 1. The molecule has 0 aliphatic carbocycles. The van der Waals surface area contributed by atoms with Crippen molar-refractivity contribution in [1.82, 2.24) is 0 Å². The molecule has 2 rings (SSSR count). The van der Waals surface area contributed by atoms with Gasteiger partial charge in [0.1, 0.15) is 16.4 Å². The van der Waals surface area contributed by atoms with Gasteiger partial charge in [-0.1, -0.05) is 0 Å². The third kappa shape index (κ3) is 3.58. The maximum absolute atomic E-state index is 11.5. The summed E-state index contributed by atoms with van der Waals surface area (Å²) < 4.78 is 29.6. The minimum atomic E-state index is -3.89. The highest BCUT2D eigenvalue weighted by molar-refractivity contribution is 14.1. The van der Waals surface area contributed by atoms with Crippen molar-refractivity contribution in [2.24, 2.45) is 5.14 Å². The van der Waals surface area contributed by atoms with Crippen LogP contribution in [0.5, 0.6) is 11.5 Å². The Balaban J connectivity index is 2.43. The van der Waals surface area contributed by atoms with Gasteiger partial charge in [-0.15, -0.1) is 0 Å². The number of halogens is 1. The number of sulfonamides is 1. The summed E-state index contributed by atoms with van der Waals surface area (Å²) in [5.41, 5.74) is 5.87. The van der Waals surface area contributed by atoms with E-state index in [0.717, 1.165) is 3.57 Å². The molecule has 0 amide bonds. The molecule has 5 nitrogen and oxygen atoms in total. The lowest BCUT2D eigenvalue weighted by molar-refractivity contribution is 0.467. The van der Waals surface area contributed by atoms with E-state index in [1.807, 2.05) is 12.1 Å². The number of nitrogens with two attached hydrogens (primary N) is 2. The minimum absolute atomic E-state index is 0.133. The van der Waals surface area contributed by atoms with Crippen molar-refractivity contribution < 1.29 is 13.2 Å². The molecule has 0 fully saturated rings. The van der Waals surface area contributed by atoms with Crippen LogP contribution < -0.4 is 15.6 Å². The zero-order chi connectivity index (χ0) is 14.0. The SMILES string of the molecule is Nc1ccc(Oc2ccc(I)cc2)c(S(N)(=O)=O)c1. The van der Waals surface area contributed by atoms with Crippen molar-refractivity contribution in [3.05, 3.63) is 46.0 Å². The van der Waals surface area contributed by atoms with Crippen LogP contribution in [0, 0.1) is 3.57 Å². The molecule has 0 heterocycles. The van der Waals surface area contributed by atoms with Crippen LogP contribution in [0.25, 0.3) is 0 Å². The Morgan fingerprint density at radius 1 is 1.05 bits per heavy atom. The van der Waals surface area contributed by atoms with Gasteiger partial charge in [0.25, 0.3) is 0 Å². The molecule has 19 heavy (non-hydrogen) atoms. The first-order valence-corrected chi connectivity index (χ1v) is 7.84. The molecule has 0 saturated heterocycles. The quantitative estimate of drug-likeness (QED) is 0.621. The van der Waals surface area contributed by atoms with Crippen LogP contribution in [-0.2, 0) is 10.0 Å². The summed E-state index contributed by atoms with van der Waals surface area (Å²) in [7, 11) is -3.89. The third-order valence-electron chi connectivity index (χ3n) is 2.32. The highest BCUT2D eigenvalue weighted by Crippen LogP contribution is 2.30. The summed E-state index contributed by atoms with van der Waals surface area (Å²) in [4.78, 5) is -0.133. The fourth-order valence-electron chi connectivity index (χ4n) is 1.46. The van der Waals surface area contributed by atoms with Crippen LogP contribution >= 0.6 is 22.6 Å². The van der Waals surface area contributed by atoms with Crippen LogP contribution in [0.4, 0.5) is 5.69 Å². The lowest BCUT2D eigenvalue weighted by Crippen LogP contribution is -2.13. The molecule has 0 saturated carbocycles. The van der Waals surface area contributed by atoms with Crippen LogP contribution in [0.1, 0.15) is 0 Å². The Hall–Kier alpha value is -1.32. The number of primary sulfonamides is 1. The zero-order valence-corrected chi connectivity index (χ0v) is 12.7. The molecular formula is C12H11IN2O3S. The molecule has 0 aliphatic heterocycles. The molecule has 0 atom stereocenters. The maximum Gasteiger partial charge on any atom is 0.241 e. The van der Waals surface area contributed by atoms with E-state index in [2.05, 4.69) is 22.6 Å². The third-order valence-corrected chi connectivity index (χ3v) is 3.97. The summed E-state index contributed by atoms with van der Waals surface area (Å²) in [5, 5.41) is 5.14. The molecular weight excluding hydrogens is 379 g/mol. The van der Waals surface area contributed by atoms with Gasteiger partial charge >= 0.3 is 0 Å². The summed E-state index contributed by atoms with van der Waals surface area (Å²) in [6, 6.07) is 11.5. The standard InChI is InChI=1S/C12H11IN2O3S/c13-8-1-4-10(5-2-8)18-11-6-3-9(14)7-12(11)19(15,16)17/h1-7H,14H2,(H2,15,16,17). The van der Waals surface area contributed by atoms with Crippen molar-refractivity contribution in [2.75, 3.05) is 5.73 Å². The van der Waals surface area contributed by atoms with Gasteiger partial charge in [0.05, 0.1) is 0 Å². The van der Waals surface area contributed by atoms with Crippen molar-refractivity contribution in [3.63, 3.8) is 0 Å². The van der Waals surface area contributed by atoms with Gasteiger partial charge in [-0.25, -0.2) is 13.6 Å². The molecule has 0 aromatic heterocycles. The molecule has 4 N–H and O–H groups in total. The second-order valence-electron chi connectivity index (χ2n) is 3.81. The van der Waals surface area contributed by atoms with E-state index in [-0.39, 0.29) is 10.6 Å². The largest absolute Gasteiger partial charge is 0.456 e. The lowest BCUT2D eigenvalue weighted by Gasteiger charge is -2.10. The van der Waals surface area contributed by atoms with E-state index >= 15 is 0 Å². The molecule has 2 aromatic carbocycles. The Bertz CT molecular complexity index is 699. The molecule has 7 heteroatoms. The predicted molar refractivity (Wildman–Crippen MR) is 81.5 cm³/mol. The first-order valence-electron chi connectivity index (χ1n) is 5.22. The topological polar surface area (TPSA) is 95.4 Å². The average Bonchev–Trinajstić information content (AvgIpc) is 2.33. The van der Waals surface area contributed by atoms with E-state index in [9.17, 15) is 8.42 Å². The lowest BCUT2D eigenvalue weighted by atomic mass is 10.3. The van der Waals surface area contributed by atoms with Gasteiger partial charge in [0.2, 0.25) is 10.0 Å². The number of benzene rings is 2. The summed E-state index contributed by atoms with van der Waals surface area (Å²) in [5.74, 6) is 0.674. The number of hydrogen-bond acceptors (Lipinski definition) is 4. The predicted octanol–water partition coefficient (Wildman–Crippen LogP) is 2.31. The number of rotatable bonds is 3. The van der Waals surface area contributed by atoms with Gasteiger partial charge in [0.15, 0.2) is 0 Å². The van der Waals surface area contributed by atoms with Crippen molar-refractivity contribution in [2.45, 2.75) is 4.90 Å². The van der Waals surface area contributed by atoms with Crippen LogP contribution in [0.2, 0.25) is 0 Å². The zero-order valence-electron chi connectivity index (χ0n) is 9.71. The van der Waals surface area contributed by atoms with Crippen molar-refractivity contribution in [1.29, 1.82) is 0 Å². The minimum Gasteiger partial charge on any atom is -0.456 e. The second kappa shape index (κ2) is 5.35. The van der Waals surface area contributed by atoms with Crippen LogP contribution in [-0.4, -0.2) is 8.42 Å². The Morgan fingerprint density at radius 2 is 1.68 bits per heavy atom. The Labute approximate surface area is 124 Å². The van der Waals surface area contributed by atoms with Crippen LogP contribution in [0.3, 0.4) is 0 Å². The Kier molecular flexibility index (Phi) is 3.97. The molecule has 0 radical (unpaired) electrons. The van der Waals surface area contributed by atoms with E-state index < -0.39 is 10.0 Å². The monoisotopic (exact) mass is 390 g/mol. The Morgan fingerprint density at radius 3 is 2.26 bits per heavy atom. The van der Waals surface area contributed by atoms with Gasteiger partial charge in [-0.3, -0.25) is 0 Å². The molecule has 100 valence electrons. The van der Waals surface area contributed by atoms with Gasteiger partial charge < -0.3 is 10.5 Å². The van der Waals surface area contributed by atoms with E-state index in [1.54, 1.807) is 18.2 Å². The summed E-state index contributed by atoms with van der Waals surface area (Å²) >= 11 is 2.16. The molecule has 2 aromatic rings. The molecule has 0 bridgehead atoms. The van der Waals surface area contributed by atoms with E-state index in [4.69, 9.17) is 15.6 Å². The smallest absolute Gasteiger partial charge is 0.241 e. The first kappa shape index (κ1) is 14.1. The number of ether oxygens (including phenoxy) is 1. The van der Waals surface area contributed by atoms with E-state index in [1.165, 1.54) is 12.1 Å². The molecule has 0 aliphatic rings. The normalized spacial score (nSPS) is 11.3. The second-order valence-corrected chi connectivity index (χ2v) is 6.58. The number of hydrogen-bond donors (Lipinski definition) is 2. The van der Waals surface area contributed by atoms with Crippen molar-refractivity contribution >= 4 is 38.3 Å². The average molecular weight is 390 g/mol. The highest BCUT2D eigenvalue weighted by atomic mass is 127. The van der Waals surface area contributed by atoms with Gasteiger partial charge in [-0.2, -0.15) is 0 Å². The van der Waals surface area contributed by atoms with Crippen LogP contribution in [0.15, 0.2) is 47.4 Å². The van der Waals surface area contributed by atoms with Crippen molar-refractivity contribution in [3.8, 4) is 11.5 Å². The molecule has 0 spiro atoms. The van der Waals surface area contributed by atoms with Gasteiger partial charge in [-0.05, 0) is 65.1 Å². The number of anilines is 1. The molecule has 0 unspecified atom stereocenters. The summed E-state index contributed by atoms with van der Waals surface area (Å²) in [6.45, 7) is 0.